The van der Waals surface area contributed by atoms with Crippen molar-refractivity contribution in [1.29, 1.82) is 0 Å². The van der Waals surface area contributed by atoms with Crippen LogP contribution in [-0.2, 0) is 4.74 Å². The predicted octanol–water partition coefficient (Wildman–Crippen LogP) is 7.27. The molecule has 0 aromatic rings. The van der Waals surface area contributed by atoms with Gasteiger partial charge in [-0.1, -0.05) is 27.2 Å². The van der Waals surface area contributed by atoms with Crippen molar-refractivity contribution in [1.82, 2.24) is 0 Å². The zero-order valence-electron chi connectivity index (χ0n) is 16.9. The van der Waals surface area contributed by atoms with E-state index in [2.05, 4.69) is 11.2 Å². The molecule has 0 heterocycles. The smallest absolute Gasteiger partial charge is 0.420 e. The molecule has 0 aromatic carbocycles. The van der Waals surface area contributed by atoms with Crippen molar-refractivity contribution in [2.75, 3.05) is 0 Å². The molecule has 1 nitrogen and oxygen atoms in total. The van der Waals surface area contributed by atoms with Crippen LogP contribution in [0, 0.1) is 41.1 Å². The third kappa shape index (κ3) is 3.97. The van der Waals surface area contributed by atoms with Crippen molar-refractivity contribution in [3.63, 3.8) is 0 Å². The van der Waals surface area contributed by atoms with Crippen LogP contribution in [0.15, 0.2) is 0 Å². The Bertz CT molecular complexity index is 658. The predicted molar refractivity (Wildman–Crippen MR) is 90.9 cm³/mol. The van der Waals surface area contributed by atoms with Crippen LogP contribution >= 0.6 is 0 Å². The molecule has 2 saturated carbocycles. The molecule has 30 heavy (non-hydrogen) atoms. The van der Waals surface area contributed by atoms with Gasteiger partial charge in [-0.3, -0.25) is 0 Å². The van der Waals surface area contributed by atoms with Crippen LogP contribution in [0.5, 0.6) is 0 Å². The van der Waals surface area contributed by atoms with Gasteiger partial charge in [0, 0.05) is 6.42 Å². The number of rotatable bonds is 6. The number of hydrogen-bond acceptors (Lipinski definition) is 1. The van der Waals surface area contributed by atoms with Gasteiger partial charge in [0.05, 0.1) is 5.41 Å². The quantitative estimate of drug-likeness (QED) is 0.304. The first-order chi connectivity index (χ1) is 13.4. The number of hydrogen-bond donors (Lipinski definition) is 0. The van der Waals surface area contributed by atoms with Gasteiger partial charge in [-0.2, -0.15) is 39.5 Å². The summed E-state index contributed by atoms with van der Waals surface area (Å²) in [6.07, 6.45) is -11.8. The van der Waals surface area contributed by atoms with Crippen LogP contribution in [0.2, 0.25) is 0 Å². The highest BCUT2D eigenvalue weighted by Crippen LogP contribution is 2.66. The fourth-order valence-corrected chi connectivity index (χ4v) is 5.84. The zero-order valence-corrected chi connectivity index (χ0v) is 16.9. The molecule has 2 aliphatic rings. The van der Waals surface area contributed by atoms with E-state index in [1.807, 2.05) is 0 Å². The first-order valence-corrected chi connectivity index (χ1v) is 9.69. The van der Waals surface area contributed by atoms with E-state index in [-0.39, 0.29) is 25.2 Å². The summed E-state index contributed by atoms with van der Waals surface area (Å²) in [5.41, 5.74) is -7.63. The van der Waals surface area contributed by atoms with Crippen molar-refractivity contribution in [3.8, 4) is 12.5 Å². The number of halogens is 9. The van der Waals surface area contributed by atoms with Crippen LogP contribution in [0.4, 0.5) is 39.5 Å². The molecule has 0 saturated heterocycles. The topological polar surface area (TPSA) is 9.23 Å². The molecule has 0 N–H and O–H groups in total. The second-order valence-corrected chi connectivity index (χ2v) is 9.40. The van der Waals surface area contributed by atoms with E-state index in [4.69, 9.17) is 0 Å². The molecule has 174 valence electrons. The molecule has 0 aliphatic heterocycles. The lowest BCUT2D eigenvalue weighted by atomic mass is 9.60. The first-order valence-electron chi connectivity index (χ1n) is 9.69. The summed E-state index contributed by atoms with van der Waals surface area (Å²) in [5, 5.41) is 0. The van der Waals surface area contributed by atoms with Gasteiger partial charge in [0.15, 0.2) is 0 Å². The van der Waals surface area contributed by atoms with Crippen molar-refractivity contribution in [2.45, 2.75) is 83.4 Å². The Morgan fingerprint density at radius 2 is 1.50 bits per heavy atom. The Balaban J connectivity index is 2.38. The van der Waals surface area contributed by atoms with Crippen LogP contribution in [-0.4, -0.2) is 24.1 Å². The minimum Gasteiger partial charge on any atom is -0.420 e. The summed E-state index contributed by atoms with van der Waals surface area (Å²) in [6, 6.07) is 0. The molecule has 2 fully saturated rings. The largest absolute Gasteiger partial charge is 0.438 e. The zero-order chi connectivity index (χ0) is 23.4. The molecule has 2 rings (SSSR count). The Morgan fingerprint density at radius 1 is 0.967 bits per heavy atom. The van der Waals surface area contributed by atoms with Gasteiger partial charge in [0.2, 0.25) is 0 Å². The summed E-state index contributed by atoms with van der Waals surface area (Å²) in [4.78, 5) is 0. The standard InChI is InChI=1S/C20H25F9O/c1-5-16(4,18(21,22)23)11-15(3)9-12-7-13(14(15)8-12)10-17(30-6-2,19(24,25)26)20(27,28)29/h2,12-14H,5,7-11H2,1,3-4H3. The van der Waals surface area contributed by atoms with E-state index in [9.17, 15) is 39.5 Å². The van der Waals surface area contributed by atoms with Gasteiger partial charge < -0.3 is 4.74 Å². The second-order valence-electron chi connectivity index (χ2n) is 9.40. The molecule has 5 unspecified atom stereocenters. The molecule has 2 bridgehead atoms. The fraction of sp³-hybridized carbons (Fsp3) is 0.900. The minimum absolute atomic E-state index is 0.0803. The van der Waals surface area contributed by atoms with E-state index >= 15 is 0 Å². The maximum Gasteiger partial charge on any atom is 0.438 e. The third-order valence-electron chi connectivity index (χ3n) is 7.40. The van der Waals surface area contributed by atoms with Crippen molar-refractivity contribution >= 4 is 0 Å². The molecule has 2 aliphatic carbocycles. The van der Waals surface area contributed by atoms with E-state index in [1.165, 1.54) is 6.92 Å². The van der Waals surface area contributed by atoms with Crippen LogP contribution < -0.4 is 0 Å². The van der Waals surface area contributed by atoms with Crippen molar-refractivity contribution in [3.05, 3.63) is 0 Å². The Hall–Kier alpha value is -1.27. The van der Waals surface area contributed by atoms with Crippen LogP contribution in [0.25, 0.3) is 0 Å². The average molecular weight is 452 g/mol. The maximum atomic E-state index is 13.6. The van der Waals surface area contributed by atoms with Gasteiger partial charge in [0.25, 0.3) is 0 Å². The molecule has 10 heteroatoms. The highest BCUT2D eigenvalue weighted by molar-refractivity contribution is 5.09. The lowest BCUT2D eigenvalue weighted by molar-refractivity contribution is -0.371. The van der Waals surface area contributed by atoms with Crippen LogP contribution in [0.1, 0.15) is 59.3 Å². The van der Waals surface area contributed by atoms with Crippen LogP contribution in [0.3, 0.4) is 0 Å². The maximum absolute atomic E-state index is 13.6. The van der Waals surface area contributed by atoms with Crippen molar-refractivity contribution < 1.29 is 44.3 Å². The second kappa shape index (κ2) is 7.40. The van der Waals surface area contributed by atoms with Gasteiger partial charge in [-0.05, 0) is 55.3 Å². The van der Waals surface area contributed by atoms with E-state index < -0.39 is 53.2 Å². The molecular weight excluding hydrogens is 427 g/mol. The Kier molecular flexibility index (Phi) is 6.17. The number of ether oxygens (including phenoxy) is 1. The van der Waals surface area contributed by atoms with E-state index in [0.29, 0.717) is 12.8 Å². The molecule has 0 amide bonds. The fourth-order valence-electron chi connectivity index (χ4n) is 5.84. The summed E-state index contributed by atoms with van der Waals surface area (Å²) >= 11 is 0. The van der Waals surface area contributed by atoms with Gasteiger partial charge in [-0.15, -0.1) is 0 Å². The summed E-state index contributed by atoms with van der Waals surface area (Å²) in [7, 11) is 0. The SMILES string of the molecule is C#COC(CC1CC2CC1C(C)(CC(C)(CC)C(F)(F)F)C2)(C(F)(F)F)C(F)(F)F. The average Bonchev–Trinajstić information content (AvgIpc) is 3.07. The number of fused-ring (bicyclic) bond motifs is 2. The van der Waals surface area contributed by atoms with Gasteiger partial charge >= 0.3 is 24.1 Å². The van der Waals surface area contributed by atoms with Gasteiger partial charge in [0.1, 0.15) is 6.11 Å². The molecule has 5 atom stereocenters. The number of terminal acetylenes is 1. The van der Waals surface area contributed by atoms with Gasteiger partial charge in [-0.25, -0.2) is 0 Å². The Labute approximate surface area is 169 Å². The normalized spacial score (nSPS) is 32.0. The number of alkyl halides is 9. The molecule has 0 radical (unpaired) electrons. The lowest BCUT2D eigenvalue weighted by Crippen LogP contribution is -2.59. The summed E-state index contributed by atoms with van der Waals surface area (Å²) in [6.45, 7) is 3.98. The van der Waals surface area contributed by atoms with E-state index in [0.717, 1.165) is 13.0 Å². The molecule has 0 aromatic heterocycles. The summed E-state index contributed by atoms with van der Waals surface area (Å²) in [5.74, 6) is -2.02. The minimum atomic E-state index is -5.82. The van der Waals surface area contributed by atoms with E-state index in [1.54, 1.807) is 6.92 Å². The Morgan fingerprint density at radius 3 is 1.87 bits per heavy atom. The highest BCUT2D eigenvalue weighted by atomic mass is 19.4. The summed E-state index contributed by atoms with van der Waals surface area (Å²) < 4.78 is 126. The van der Waals surface area contributed by atoms with Crippen molar-refractivity contribution in [2.24, 2.45) is 28.6 Å². The third-order valence-corrected chi connectivity index (χ3v) is 7.40. The molecular formula is C20H25F9O. The lowest BCUT2D eigenvalue weighted by Gasteiger charge is -2.47. The highest BCUT2D eigenvalue weighted by Gasteiger charge is 2.75. The monoisotopic (exact) mass is 452 g/mol. The first kappa shape index (κ1) is 25.0. The molecule has 0 spiro atoms.